The third-order valence-electron chi connectivity index (χ3n) is 3.52. The summed E-state index contributed by atoms with van der Waals surface area (Å²) < 4.78 is 0. The van der Waals surface area contributed by atoms with E-state index in [0.29, 0.717) is 11.6 Å². The van der Waals surface area contributed by atoms with Crippen LogP contribution >= 0.6 is 35.8 Å². The highest BCUT2D eigenvalue weighted by Gasteiger charge is 2.22. The lowest BCUT2D eigenvalue weighted by Gasteiger charge is -2.27. The fourth-order valence-corrected chi connectivity index (χ4v) is 2.70. The van der Waals surface area contributed by atoms with Gasteiger partial charge in [-0.05, 0) is 44.0 Å². The van der Waals surface area contributed by atoms with Gasteiger partial charge in [-0.15, -0.1) is 24.2 Å². The summed E-state index contributed by atoms with van der Waals surface area (Å²) in [6.45, 7) is 6.50. The highest BCUT2D eigenvalue weighted by molar-refractivity contribution is 8.00. The van der Waals surface area contributed by atoms with Crippen LogP contribution in [-0.2, 0) is 4.79 Å². The van der Waals surface area contributed by atoms with Gasteiger partial charge in [-0.25, -0.2) is 0 Å². The molecule has 0 aliphatic rings. The summed E-state index contributed by atoms with van der Waals surface area (Å²) in [4.78, 5) is 13.1. The lowest BCUT2D eigenvalue weighted by atomic mass is 9.94. The molecule has 21 heavy (non-hydrogen) atoms. The van der Waals surface area contributed by atoms with Crippen LogP contribution < -0.4 is 11.1 Å². The Morgan fingerprint density at radius 2 is 1.86 bits per heavy atom. The number of amides is 1. The van der Waals surface area contributed by atoms with Gasteiger partial charge in [0, 0.05) is 22.0 Å². The van der Waals surface area contributed by atoms with Crippen LogP contribution in [0, 0.1) is 0 Å². The SMILES string of the molecule is CCC(N)(CC)CNC(=O)C(C)Sc1ccc(Cl)cc1.Cl. The molecule has 120 valence electrons. The number of rotatable bonds is 7. The Bertz CT molecular complexity index is 436. The van der Waals surface area contributed by atoms with E-state index in [0.717, 1.165) is 17.7 Å². The summed E-state index contributed by atoms with van der Waals surface area (Å²) in [5.41, 5.74) is 5.87. The molecule has 1 unspecified atom stereocenters. The molecule has 1 amide bonds. The molecule has 0 bridgehead atoms. The molecule has 0 saturated heterocycles. The molecule has 1 aromatic carbocycles. The maximum absolute atomic E-state index is 12.1. The van der Waals surface area contributed by atoms with Crippen molar-refractivity contribution in [2.45, 2.75) is 49.3 Å². The summed E-state index contributed by atoms with van der Waals surface area (Å²) in [5.74, 6) is 0.0154. The molecule has 0 aliphatic heterocycles. The molecule has 0 aliphatic carbocycles. The normalized spacial score (nSPS) is 12.4. The first-order chi connectivity index (χ1) is 9.40. The summed E-state index contributed by atoms with van der Waals surface area (Å²) in [6, 6.07) is 7.49. The Kier molecular flexibility index (Phi) is 9.38. The minimum atomic E-state index is -0.305. The first-order valence-electron chi connectivity index (χ1n) is 6.89. The van der Waals surface area contributed by atoms with Gasteiger partial charge in [-0.1, -0.05) is 25.4 Å². The molecular weight excluding hydrogens is 327 g/mol. The van der Waals surface area contributed by atoms with Gasteiger partial charge < -0.3 is 11.1 Å². The van der Waals surface area contributed by atoms with Crippen molar-refractivity contribution in [3.63, 3.8) is 0 Å². The second-order valence-electron chi connectivity index (χ2n) is 5.00. The van der Waals surface area contributed by atoms with Crippen LogP contribution in [0.4, 0.5) is 0 Å². The second kappa shape index (κ2) is 9.57. The van der Waals surface area contributed by atoms with Crippen LogP contribution in [0.3, 0.4) is 0 Å². The topological polar surface area (TPSA) is 55.1 Å². The summed E-state index contributed by atoms with van der Waals surface area (Å²) in [5, 5.41) is 3.49. The van der Waals surface area contributed by atoms with Crippen molar-refractivity contribution in [1.29, 1.82) is 0 Å². The number of carbonyl (C=O) groups is 1. The van der Waals surface area contributed by atoms with E-state index in [2.05, 4.69) is 5.32 Å². The second-order valence-corrected chi connectivity index (χ2v) is 6.85. The van der Waals surface area contributed by atoms with Gasteiger partial charge in [0.15, 0.2) is 0 Å². The minimum absolute atomic E-state index is 0. The van der Waals surface area contributed by atoms with Crippen LogP contribution in [0.25, 0.3) is 0 Å². The monoisotopic (exact) mass is 350 g/mol. The Morgan fingerprint density at radius 3 is 2.33 bits per heavy atom. The fraction of sp³-hybridized carbons (Fsp3) is 0.533. The van der Waals surface area contributed by atoms with E-state index in [1.807, 2.05) is 45.0 Å². The molecule has 6 heteroatoms. The van der Waals surface area contributed by atoms with Crippen molar-refractivity contribution >= 4 is 41.7 Å². The smallest absolute Gasteiger partial charge is 0.233 e. The largest absolute Gasteiger partial charge is 0.353 e. The lowest BCUT2D eigenvalue weighted by molar-refractivity contribution is -0.120. The number of hydrogen-bond acceptors (Lipinski definition) is 3. The van der Waals surface area contributed by atoms with Crippen LogP contribution in [0.2, 0.25) is 5.02 Å². The number of carbonyl (C=O) groups excluding carboxylic acids is 1. The highest BCUT2D eigenvalue weighted by Crippen LogP contribution is 2.24. The van der Waals surface area contributed by atoms with Crippen LogP contribution in [0.1, 0.15) is 33.6 Å². The number of hydrogen-bond donors (Lipinski definition) is 2. The highest BCUT2D eigenvalue weighted by atomic mass is 35.5. The third-order valence-corrected chi connectivity index (χ3v) is 4.88. The molecule has 3 N–H and O–H groups in total. The first kappa shape index (κ1) is 20.6. The Balaban J connectivity index is 0.00000400. The van der Waals surface area contributed by atoms with Gasteiger partial charge >= 0.3 is 0 Å². The molecule has 0 heterocycles. The fourth-order valence-electron chi connectivity index (χ4n) is 1.68. The maximum atomic E-state index is 12.1. The Hall–Kier alpha value is -0.420. The van der Waals surface area contributed by atoms with Crippen molar-refractivity contribution in [3.8, 4) is 0 Å². The molecule has 0 fully saturated rings. The number of nitrogens with one attached hydrogen (secondary N) is 1. The van der Waals surface area contributed by atoms with Crippen molar-refractivity contribution in [3.05, 3.63) is 29.3 Å². The van der Waals surface area contributed by atoms with E-state index in [1.54, 1.807) is 0 Å². The first-order valence-corrected chi connectivity index (χ1v) is 8.15. The van der Waals surface area contributed by atoms with Gasteiger partial charge in [0.2, 0.25) is 5.91 Å². The van der Waals surface area contributed by atoms with E-state index < -0.39 is 0 Å². The minimum Gasteiger partial charge on any atom is -0.353 e. The van der Waals surface area contributed by atoms with Crippen LogP contribution in [0.15, 0.2) is 29.2 Å². The maximum Gasteiger partial charge on any atom is 0.233 e. The molecule has 1 aromatic rings. The molecule has 3 nitrogen and oxygen atoms in total. The van der Waals surface area contributed by atoms with E-state index in [4.69, 9.17) is 17.3 Å². The zero-order chi connectivity index (χ0) is 15.2. The molecule has 1 rings (SSSR count). The van der Waals surface area contributed by atoms with Crippen molar-refractivity contribution in [1.82, 2.24) is 5.32 Å². The summed E-state index contributed by atoms with van der Waals surface area (Å²) in [6.07, 6.45) is 1.70. The quantitative estimate of drug-likeness (QED) is 0.733. The molecule has 0 spiro atoms. The van der Waals surface area contributed by atoms with Crippen molar-refractivity contribution in [2.75, 3.05) is 6.54 Å². The zero-order valence-electron chi connectivity index (χ0n) is 12.7. The summed E-state index contributed by atoms with van der Waals surface area (Å²) >= 11 is 7.35. The van der Waals surface area contributed by atoms with E-state index >= 15 is 0 Å². The molecule has 0 saturated carbocycles. The predicted molar refractivity (Wildman–Crippen MR) is 94.5 cm³/mol. The standard InChI is InChI=1S/C15H23ClN2OS.ClH/c1-4-15(17,5-2)10-18-14(19)11(3)20-13-8-6-12(16)7-9-13;/h6-9,11H,4-5,10,17H2,1-3H3,(H,18,19);1H. The average Bonchev–Trinajstić information content (AvgIpc) is 2.46. The molecule has 1 atom stereocenters. The van der Waals surface area contributed by atoms with Gasteiger partial charge in [0.1, 0.15) is 0 Å². The number of nitrogens with two attached hydrogens (primary N) is 1. The molecule has 0 radical (unpaired) electrons. The number of thioether (sulfide) groups is 1. The van der Waals surface area contributed by atoms with E-state index in [-0.39, 0.29) is 29.1 Å². The average molecular weight is 351 g/mol. The third kappa shape index (κ3) is 6.92. The van der Waals surface area contributed by atoms with Crippen molar-refractivity contribution < 1.29 is 4.79 Å². The number of benzene rings is 1. The molecule has 0 aromatic heterocycles. The summed E-state index contributed by atoms with van der Waals surface area (Å²) in [7, 11) is 0. The van der Waals surface area contributed by atoms with Gasteiger partial charge in [0.05, 0.1) is 5.25 Å². The van der Waals surface area contributed by atoms with Crippen LogP contribution in [0.5, 0.6) is 0 Å². The van der Waals surface area contributed by atoms with E-state index in [9.17, 15) is 4.79 Å². The zero-order valence-corrected chi connectivity index (χ0v) is 15.1. The van der Waals surface area contributed by atoms with E-state index in [1.165, 1.54) is 11.8 Å². The van der Waals surface area contributed by atoms with Gasteiger partial charge in [0.25, 0.3) is 0 Å². The predicted octanol–water partition coefficient (Wildman–Crippen LogP) is 3.88. The van der Waals surface area contributed by atoms with Gasteiger partial charge in [-0.2, -0.15) is 0 Å². The Labute approximate surface area is 142 Å². The van der Waals surface area contributed by atoms with Gasteiger partial charge in [-0.3, -0.25) is 4.79 Å². The lowest BCUT2D eigenvalue weighted by Crippen LogP contribution is -2.50. The number of halogens is 2. The van der Waals surface area contributed by atoms with Crippen molar-refractivity contribution in [2.24, 2.45) is 5.73 Å². The Morgan fingerprint density at radius 1 is 1.33 bits per heavy atom. The molecular formula is C15H24Cl2N2OS. The van der Waals surface area contributed by atoms with Crippen LogP contribution in [-0.4, -0.2) is 23.2 Å².